The molecule has 0 aliphatic heterocycles. The predicted octanol–water partition coefficient (Wildman–Crippen LogP) is 2.55. The van der Waals surface area contributed by atoms with Gasteiger partial charge in [-0.3, -0.25) is 4.79 Å². The lowest BCUT2D eigenvalue weighted by Crippen LogP contribution is -2.26. The number of hydrogen-bond acceptors (Lipinski definition) is 2. The SMILES string of the molecule is CC(C)CCNC(=O)CCC(CCN)C(C)C. The van der Waals surface area contributed by atoms with Gasteiger partial charge >= 0.3 is 0 Å². The van der Waals surface area contributed by atoms with E-state index in [1.165, 1.54) is 0 Å². The van der Waals surface area contributed by atoms with Gasteiger partial charge in [0.15, 0.2) is 0 Å². The van der Waals surface area contributed by atoms with Gasteiger partial charge in [0.25, 0.3) is 0 Å². The van der Waals surface area contributed by atoms with Crippen molar-refractivity contribution in [3.63, 3.8) is 0 Å². The number of carbonyl (C=O) groups excluding carboxylic acids is 1. The first-order valence-electron chi connectivity index (χ1n) is 6.94. The van der Waals surface area contributed by atoms with Gasteiger partial charge in [-0.15, -0.1) is 0 Å². The summed E-state index contributed by atoms with van der Waals surface area (Å²) < 4.78 is 0. The Morgan fingerprint density at radius 2 is 1.76 bits per heavy atom. The van der Waals surface area contributed by atoms with Gasteiger partial charge in [-0.05, 0) is 43.6 Å². The monoisotopic (exact) mass is 242 g/mol. The van der Waals surface area contributed by atoms with E-state index in [-0.39, 0.29) is 5.91 Å². The molecule has 3 heteroatoms. The molecule has 0 aromatic carbocycles. The number of hydrogen-bond donors (Lipinski definition) is 2. The molecule has 0 heterocycles. The van der Waals surface area contributed by atoms with Gasteiger partial charge in [0.05, 0.1) is 0 Å². The van der Waals surface area contributed by atoms with Crippen molar-refractivity contribution < 1.29 is 4.79 Å². The first-order valence-corrected chi connectivity index (χ1v) is 6.94. The molecule has 3 nitrogen and oxygen atoms in total. The maximum absolute atomic E-state index is 11.6. The Balaban J connectivity index is 3.72. The van der Waals surface area contributed by atoms with Crippen molar-refractivity contribution in [2.75, 3.05) is 13.1 Å². The number of amides is 1. The highest BCUT2D eigenvalue weighted by atomic mass is 16.1. The van der Waals surface area contributed by atoms with E-state index < -0.39 is 0 Å². The fourth-order valence-corrected chi connectivity index (χ4v) is 1.93. The van der Waals surface area contributed by atoms with Gasteiger partial charge in [0.2, 0.25) is 5.91 Å². The number of rotatable bonds is 9. The van der Waals surface area contributed by atoms with E-state index in [2.05, 4.69) is 33.0 Å². The maximum atomic E-state index is 11.6. The summed E-state index contributed by atoms with van der Waals surface area (Å²) in [6.07, 6.45) is 3.68. The number of nitrogens with one attached hydrogen (secondary N) is 1. The fourth-order valence-electron chi connectivity index (χ4n) is 1.93. The molecule has 102 valence electrons. The predicted molar refractivity (Wildman–Crippen MR) is 73.7 cm³/mol. The Bertz CT molecular complexity index is 202. The highest BCUT2D eigenvalue weighted by Crippen LogP contribution is 2.20. The largest absolute Gasteiger partial charge is 0.356 e. The van der Waals surface area contributed by atoms with Crippen LogP contribution < -0.4 is 11.1 Å². The summed E-state index contributed by atoms with van der Waals surface area (Å²) in [5, 5.41) is 2.98. The lowest BCUT2D eigenvalue weighted by Gasteiger charge is -2.19. The van der Waals surface area contributed by atoms with Gasteiger partial charge in [0, 0.05) is 13.0 Å². The van der Waals surface area contributed by atoms with Gasteiger partial charge in [-0.1, -0.05) is 27.7 Å². The third-order valence-electron chi connectivity index (χ3n) is 3.27. The second-order valence-corrected chi connectivity index (χ2v) is 5.65. The molecule has 0 saturated heterocycles. The first kappa shape index (κ1) is 16.4. The smallest absolute Gasteiger partial charge is 0.220 e. The third kappa shape index (κ3) is 9.16. The third-order valence-corrected chi connectivity index (χ3v) is 3.27. The summed E-state index contributed by atoms with van der Waals surface area (Å²) in [4.78, 5) is 11.6. The van der Waals surface area contributed by atoms with Crippen LogP contribution in [-0.4, -0.2) is 19.0 Å². The van der Waals surface area contributed by atoms with Crippen LogP contribution in [0.3, 0.4) is 0 Å². The highest BCUT2D eigenvalue weighted by molar-refractivity contribution is 5.75. The zero-order valence-corrected chi connectivity index (χ0v) is 12.0. The average molecular weight is 242 g/mol. The molecule has 0 bridgehead atoms. The molecule has 0 aromatic heterocycles. The van der Waals surface area contributed by atoms with E-state index in [1.807, 2.05) is 0 Å². The zero-order chi connectivity index (χ0) is 13.3. The highest BCUT2D eigenvalue weighted by Gasteiger charge is 2.14. The summed E-state index contributed by atoms with van der Waals surface area (Å²) in [7, 11) is 0. The van der Waals surface area contributed by atoms with Gasteiger partial charge in [0.1, 0.15) is 0 Å². The Kier molecular flexibility index (Phi) is 9.14. The molecule has 0 saturated carbocycles. The van der Waals surface area contributed by atoms with Crippen LogP contribution in [0.5, 0.6) is 0 Å². The van der Waals surface area contributed by atoms with Crippen molar-refractivity contribution >= 4 is 5.91 Å². The molecule has 1 unspecified atom stereocenters. The molecule has 0 aliphatic rings. The van der Waals surface area contributed by atoms with Crippen molar-refractivity contribution in [1.82, 2.24) is 5.32 Å². The molecule has 1 atom stereocenters. The summed E-state index contributed by atoms with van der Waals surface area (Å²) >= 11 is 0. The maximum Gasteiger partial charge on any atom is 0.220 e. The van der Waals surface area contributed by atoms with Crippen LogP contribution in [0.25, 0.3) is 0 Å². The first-order chi connectivity index (χ1) is 7.97. The normalized spacial score (nSPS) is 13.1. The Morgan fingerprint density at radius 1 is 1.12 bits per heavy atom. The van der Waals surface area contributed by atoms with Crippen LogP contribution in [0.2, 0.25) is 0 Å². The summed E-state index contributed by atoms with van der Waals surface area (Å²) in [6, 6.07) is 0. The number of nitrogens with two attached hydrogens (primary N) is 1. The average Bonchev–Trinajstić information content (AvgIpc) is 2.23. The quantitative estimate of drug-likeness (QED) is 0.653. The second-order valence-electron chi connectivity index (χ2n) is 5.65. The van der Waals surface area contributed by atoms with Crippen LogP contribution in [0.1, 0.15) is 53.4 Å². The molecule has 0 aromatic rings. The van der Waals surface area contributed by atoms with Crippen molar-refractivity contribution in [3.05, 3.63) is 0 Å². The van der Waals surface area contributed by atoms with E-state index in [0.717, 1.165) is 32.4 Å². The van der Waals surface area contributed by atoms with E-state index >= 15 is 0 Å². The minimum Gasteiger partial charge on any atom is -0.356 e. The van der Waals surface area contributed by atoms with Crippen LogP contribution in [0, 0.1) is 17.8 Å². The Labute approximate surface area is 107 Å². The number of carbonyl (C=O) groups is 1. The molecular formula is C14H30N2O. The van der Waals surface area contributed by atoms with E-state index in [9.17, 15) is 4.79 Å². The van der Waals surface area contributed by atoms with Crippen molar-refractivity contribution in [2.45, 2.75) is 53.4 Å². The van der Waals surface area contributed by atoms with E-state index in [0.29, 0.717) is 24.2 Å². The van der Waals surface area contributed by atoms with E-state index in [1.54, 1.807) is 0 Å². The standard InChI is InChI=1S/C14H30N2O/c1-11(2)8-10-16-14(17)6-5-13(7-9-15)12(3)4/h11-13H,5-10,15H2,1-4H3,(H,16,17). The van der Waals surface area contributed by atoms with Crippen molar-refractivity contribution in [1.29, 1.82) is 0 Å². The topological polar surface area (TPSA) is 55.1 Å². The van der Waals surface area contributed by atoms with Crippen LogP contribution >= 0.6 is 0 Å². The second kappa shape index (κ2) is 9.46. The molecule has 1 amide bonds. The fraction of sp³-hybridized carbons (Fsp3) is 0.929. The molecule has 0 fully saturated rings. The van der Waals surface area contributed by atoms with Crippen LogP contribution in [0.15, 0.2) is 0 Å². The lowest BCUT2D eigenvalue weighted by atomic mass is 9.88. The molecular weight excluding hydrogens is 212 g/mol. The molecule has 3 N–H and O–H groups in total. The summed E-state index contributed by atoms with van der Waals surface area (Å²) in [5.74, 6) is 2.03. The Hall–Kier alpha value is -0.570. The van der Waals surface area contributed by atoms with Crippen molar-refractivity contribution in [3.8, 4) is 0 Å². The molecule has 0 rings (SSSR count). The molecule has 0 spiro atoms. The van der Waals surface area contributed by atoms with Gasteiger partial charge < -0.3 is 11.1 Å². The molecule has 0 radical (unpaired) electrons. The summed E-state index contributed by atoms with van der Waals surface area (Å²) in [5.41, 5.74) is 5.59. The zero-order valence-electron chi connectivity index (χ0n) is 12.0. The van der Waals surface area contributed by atoms with Crippen molar-refractivity contribution in [2.24, 2.45) is 23.5 Å². The van der Waals surface area contributed by atoms with E-state index in [4.69, 9.17) is 5.73 Å². The van der Waals surface area contributed by atoms with Crippen LogP contribution in [-0.2, 0) is 4.79 Å². The van der Waals surface area contributed by atoms with Gasteiger partial charge in [-0.25, -0.2) is 0 Å². The Morgan fingerprint density at radius 3 is 2.24 bits per heavy atom. The van der Waals surface area contributed by atoms with Gasteiger partial charge in [-0.2, -0.15) is 0 Å². The minimum atomic E-state index is 0.188. The molecule has 0 aliphatic carbocycles. The minimum absolute atomic E-state index is 0.188. The summed E-state index contributed by atoms with van der Waals surface area (Å²) in [6.45, 7) is 10.3. The molecule has 17 heavy (non-hydrogen) atoms. The van der Waals surface area contributed by atoms with Crippen LogP contribution in [0.4, 0.5) is 0 Å². The lowest BCUT2D eigenvalue weighted by molar-refractivity contribution is -0.121.